The Morgan fingerprint density at radius 3 is 2.79 bits per heavy atom. The summed E-state index contributed by atoms with van der Waals surface area (Å²) in [6.07, 6.45) is 1.03. The summed E-state index contributed by atoms with van der Waals surface area (Å²) in [6.45, 7) is 6.00. The molecule has 1 heterocycles. The van der Waals surface area contributed by atoms with Gasteiger partial charge in [-0.1, -0.05) is 12.1 Å². The summed E-state index contributed by atoms with van der Waals surface area (Å²) in [5, 5.41) is 3.16. The van der Waals surface area contributed by atoms with Crippen molar-refractivity contribution in [1.29, 1.82) is 0 Å². The molecule has 0 amide bonds. The Hall–Kier alpha value is -1.99. The Kier molecular flexibility index (Phi) is 7.64. The van der Waals surface area contributed by atoms with Gasteiger partial charge in [0.25, 0.3) is 0 Å². The van der Waals surface area contributed by atoms with Crippen LogP contribution in [-0.4, -0.2) is 64.5 Å². The molecule has 134 valence electrons. The fourth-order valence-corrected chi connectivity index (χ4v) is 2.65. The van der Waals surface area contributed by atoms with Gasteiger partial charge in [0.05, 0.1) is 34.0 Å². The standard InChI is InChI=1S/C17H28N4O3/c1-22-15-6-3-5-14(16(15)23-2)13-20-17(18)19-7-4-8-21-9-11-24-12-10-21/h3,5-6H,4,7-13H2,1-2H3,(H3,18,19,20). The number of para-hydroxylation sites is 1. The lowest BCUT2D eigenvalue weighted by molar-refractivity contribution is 0.0376. The second-order valence-electron chi connectivity index (χ2n) is 5.59. The van der Waals surface area contributed by atoms with Gasteiger partial charge >= 0.3 is 0 Å². The Balaban J connectivity index is 1.75. The Labute approximate surface area is 143 Å². The van der Waals surface area contributed by atoms with Gasteiger partial charge in [-0.05, 0) is 19.0 Å². The molecule has 1 aromatic rings. The molecular weight excluding hydrogens is 308 g/mol. The summed E-state index contributed by atoms with van der Waals surface area (Å²) in [7, 11) is 3.24. The number of hydrogen-bond acceptors (Lipinski definition) is 5. The van der Waals surface area contributed by atoms with Gasteiger partial charge in [0, 0.05) is 25.2 Å². The maximum absolute atomic E-state index is 5.94. The minimum atomic E-state index is 0.446. The molecule has 1 aliphatic heterocycles. The largest absolute Gasteiger partial charge is 0.493 e. The summed E-state index contributed by atoms with van der Waals surface area (Å²) >= 11 is 0. The molecule has 3 N–H and O–H groups in total. The molecule has 0 atom stereocenters. The van der Waals surface area contributed by atoms with E-state index in [9.17, 15) is 0 Å². The van der Waals surface area contributed by atoms with E-state index in [1.807, 2.05) is 18.2 Å². The fourth-order valence-electron chi connectivity index (χ4n) is 2.65. The van der Waals surface area contributed by atoms with Gasteiger partial charge in [0.1, 0.15) is 0 Å². The third-order valence-electron chi connectivity index (χ3n) is 3.97. The van der Waals surface area contributed by atoms with E-state index in [2.05, 4.69) is 15.2 Å². The van der Waals surface area contributed by atoms with Gasteiger partial charge in [0.15, 0.2) is 17.5 Å². The number of morpholine rings is 1. The lowest BCUT2D eigenvalue weighted by atomic mass is 10.2. The molecule has 0 radical (unpaired) electrons. The second-order valence-corrected chi connectivity index (χ2v) is 5.59. The van der Waals surface area contributed by atoms with E-state index in [4.69, 9.17) is 19.9 Å². The quantitative estimate of drug-likeness (QED) is 0.416. The van der Waals surface area contributed by atoms with Crippen LogP contribution in [0.2, 0.25) is 0 Å². The number of ether oxygens (including phenoxy) is 3. The normalized spacial score (nSPS) is 16.0. The van der Waals surface area contributed by atoms with Gasteiger partial charge in [-0.15, -0.1) is 0 Å². The number of rotatable bonds is 8. The van der Waals surface area contributed by atoms with Gasteiger partial charge in [-0.2, -0.15) is 0 Å². The van der Waals surface area contributed by atoms with Crippen molar-refractivity contribution >= 4 is 5.96 Å². The summed E-state index contributed by atoms with van der Waals surface area (Å²) < 4.78 is 16.0. The first kappa shape index (κ1) is 18.4. The number of methoxy groups -OCH3 is 2. The first-order chi connectivity index (χ1) is 11.7. The van der Waals surface area contributed by atoms with Crippen molar-refractivity contribution in [3.8, 4) is 11.5 Å². The molecule has 0 unspecified atom stereocenters. The van der Waals surface area contributed by atoms with Crippen LogP contribution in [0.4, 0.5) is 0 Å². The monoisotopic (exact) mass is 336 g/mol. The van der Waals surface area contributed by atoms with Crippen molar-refractivity contribution in [2.75, 3.05) is 53.6 Å². The highest BCUT2D eigenvalue weighted by atomic mass is 16.5. The number of guanidine groups is 1. The van der Waals surface area contributed by atoms with E-state index in [0.29, 0.717) is 24.0 Å². The van der Waals surface area contributed by atoms with Gasteiger partial charge in [-0.3, -0.25) is 4.90 Å². The molecule has 1 aliphatic rings. The van der Waals surface area contributed by atoms with Crippen molar-refractivity contribution in [1.82, 2.24) is 10.2 Å². The van der Waals surface area contributed by atoms with Crippen molar-refractivity contribution in [2.24, 2.45) is 10.7 Å². The fraction of sp³-hybridized carbons (Fsp3) is 0.588. The predicted octanol–water partition coefficient (Wildman–Crippen LogP) is 0.830. The minimum absolute atomic E-state index is 0.446. The topological polar surface area (TPSA) is 81.3 Å². The van der Waals surface area contributed by atoms with Crippen LogP contribution in [0.25, 0.3) is 0 Å². The third-order valence-corrected chi connectivity index (χ3v) is 3.97. The molecule has 0 bridgehead atoms. The highest BCUT2D eigenvalue weighted by Crippen LogP contribution is 2.30. The summed E-state index contributed by atoms with van der Waals surface area (Å²) in [5.41, 5.74) is 6.88. The van der Waals surface area contributed by atoms with Crippen LogP contribution in [0.15, 0.2) is 23.2 Å². The zero-order chi connectivity index (χ0) is 17.2. The Morgan fingerprint density at radius 1 is 1.29 bits per heavy atom. The number of nitrogens with one attached hydrogen (secondary N) is 1. The minimum Gasteiger partial charge on any atom is -0.493 e. The molecule has 0 aromatic heterocycles. The van der Waals surface area contributed by atoms with Crippen molar-refractivity contribution in [2.45, 2.75) is 13.0 Å². The predicted molar refractivity (Wildman–Crippen MR) is 94.8 cm³/mol. The second kappa shape index (κ2) is 10.00. The molecule has 0 aliphatic carbocycles. The van der Waals surface area contributed by atoms with E-state index >= 15 is 0 Å². The SMILES string of the molecule is COc1cccc(CN=C(N)NCCCN2CCOCC2)c1OC. The number of hydrogen-bond donors (Lipinski definition) is 2. The molecule has 1 saturated heterocycles. The van der Waals surface area contributed by atoms with Gasteiger partial charge < -0.3 is 25.3 Å². The van der Waals surface area contributed by atoms with E-state index in [1.54, 1.807) is 14.2 Å². The van der Waals surface area contributed by atoms with Crippen LogP contribution in [0, 0.1) is 0 Å². The number of nitrogens with zero attached hydrogens (tertiary/aromatic N) is 2. The maximum atomic E-state index is 5.94. The van der Waals surface area contributed by atoms with Crippen LogP contribution in [0.1, 0.15) is 12.0 Å². The molecule has 24 heavy (non-hydrogen) atoms. The van der Waals surface area contributed by atoms with Crippen molar-refractivity contribution in [3.05, 3.63) is 23.8 Å². The molecule has 1 fully saturated rings. The van der Waals surface area contributed by atoms with Gasteiger partial charge in [-0.25, -0.2) is 4.99 Å². The first-order valence-electron chi connectivity index (χ1n) is 8.28. The van der Waals surface area contributed by atoms with E-state index in [1.165, 1.54) is 0 Å². The molecule has 7 heteroatoms. The average Bonchev–Trinajstić information content (AvgIpc) is 2.63. The number of benzene rings is 1. The first-order valence-corrected chi connectivity index (χ1v) is 8.28. The number of aliphatic imine (C=N–C) groups is 1. The third kappa shape index (κ3) is 5.58. The molecule has 1 aromatic carbocycles. The smallest absolute Gasteiger partial charge is 0.188 e. The Bertz CT molecular complexity index is 531. The van der Waals surface area contributed by atoms with Crippen LogP contribution in [0.5, 0.6) is 11.5 Å². The lowest BCUT2D eigenvalue weighted by Crippen LogP contribution is -2.39. The highest BCUT2D eigenvalue weighted by Gasteiger charge is 2.10. The lowest BCUT2D eigenvalue weighted by Gasteiger charge is -2.26. The number of nitrogens with two attached hydrogens (primary N) is 1. The molecular formula is C17H28N4O3. The van der Waals surface area contributed by atoms with E-state index in [0.717, 1.165) is 51.4 Å². The molecule has 0 spiro atoms. The molecule has 2 rings (SSSR count). The van der Waals surface area contributed by atoms with E-state index in [-0.39, 0.29) is 0 Å². The van der Waals surface area contributed by atoms with Crippen LogP contribution in [-0.2, 0) is 11.3 Å². The Morgan fingerprint density at radius 2 is 2.08 bits per heavy atom. The summed E-state index contributed by atoms with van der Waals surface area (Å²) in [5.74, 6) is 1.84. The highest BCUT2D eigenvalue weighted by molar-refractivity contribution is 5.77. The summed E-state index contributed by atoms with van der Waals surface area (Å²) in [4.78, 5) is 6.78. The zero-order valence-corrected chi connectivity index (χ0v) is 14.6. The van der Waals surface area contributed by atoms with Crippen molar-refractivity contribution < 1.29 is 14.2 Å². The summed E-state index contributed by atoms with van der Waals surface area (Å²) in [6, 6.07) is 5.73. The van der Waals surface area contributed by atoms with Crippen LogP contribution < -0.4 is 20.5 Å². The zero-order valence-electron chi connectivity index (χ0n) is 14.6. The maximum Gasteiger partial charge on any atom is 0.188 e. The molecule has 0 saturated carbocycles. The van der Waals surface area contributed by atoms with Crippen LogP contribution >= 0.6 is 0 Å². The van der Waals surface area contributed by atoms with Crippen molar-refractivity contribution in [3.63, 3.8) is 0 Å². The molecule has 7 nitrogen and oxygen atoms in total. The van der Waals surface area contributed by atoms with Crippen LogP contribution in [0.3, 0.4) is 0 Å². The average molecular weight is 336 g/mol. The van der Waals surface area contributed by atoms with Gasteiger partial charge in [0.2, 0.25) is 0 Å². The van der Waals surface area contributed by atoms with E-state index < -0.39 is 0 Å².